The minimum atomic E-state index is -0.00123. The highest BCUT2D eigenvalue weighted by atomic mass is 16.5. The molecule has 1 aromatic carbocycles. The number of benzene rings is 1. The molecule has 2 heterocycles. The van der Waals surface area contributed by atoms with Crippen LogP contribution in [0.4, 0.5) is 11.5 Å². The average molecular weight is 380 g/mol. The Morgan fingerprint density at radius 1 is 1.25 bits per heavy atom. The van der Waals surface area contributed by atoms with Crippen LogP contribution in [0.5, 0.6) is 5.75 Å². The Morgan fingerprint density at radius 3 is 2.79 bits per heavy atom. The van der Waals surface area contributed by atoms with Gasteiger partial charge in [0.15, 0.2) is 11.5 Å². The van der Waals surface area contributed by atoms with Crippen molar-refractivity contribution >= 4 is 28.6 Å². The highest BCUT2D eigenvalue weighted by molar-refractivity contribution is 5.92. The number of methoxy groups -OCH3 is 1. The van der Waals surface area contributed by atoms with E-state index in [1.54, 1.807) is 13.4 Å². The molecule has 1 amide bonds. The minimum Gasteiger partial charge on any atom is -0.497 e. The van der Waals surface area contributed by atoms with E-state index in [2.05, 4.69) is 24.8 Å². The molecule has 0 saturated heterocycles. The van der Waals surface area contributed by atoms with Crippen LogP contribution in [0.3, 0.4) is 0 Å². The van der Waals surface area contributed by atoms with Gasteiger partial charge in [-0.3, -0.25) is 4.79 Å². The van der Waals surface area contributed by atoms with Gasteiger partial charge in [-0.2, -0.15) is 0 Å². The second kappa shape index (κ2) is 7.46. The number of aromatic nitrogens is 4. The van der Waals surface area contributed by atoms with E-state index < -0.39 is 0 Å². The summed E-state index contributed by atoms with van der Waals surface area (Å²) in [7, 11) is 1.61. The van der Waals surface area contributed by atoms with Gasteiger partial charge in [0.2, 0.25) is 5.91 Å². The number of rotatable bonds is 4. The molecule has 1 aliphatic rings. The molecule has 0 atom stereocenters. The van der Waals surface area contributed by atoms with Crippen molar-refractivity contribution in [1.29, 1.82) is 0 Å². The highest BCUT2D eigenvalue weighted by Crippen LogP contribution is 2.35. The van der Waals surface area contributed by atoms with Crippen molar-refractivity contribution in [2.24, 2.45) is 5.92 Å². The molecule has 2 aromatic heterocycles. The van der Waals surface area contributed by atoms with E-state index in [1.807, 2.05) is 31.2 Å². The zero-order valence-electron chi connectivity index (χ0n) is 16.1. The Morgan fingerprint density at radius 2 is 2.04 bits per heavy atom. The van der Waals surface area contributed by atoms with Crippen LogP contribution < -0.4 is 15.8 Å². The molecule has 1 fully saturated rings. The second-order valence-corrected chi connectivity index (χ2v) is 7.21. The molecule has 4 rings (SSSR count). The maximum atomic E-state index is 12.7. The Kier molecular flexibility index (Phi) is 4.85. The lowest BCUT2D eigenvalue weighted by atomic mass is 9.85. The van der Waals surface area contributed by atoms with Gasteiger partial charge in [0.05, 0.1) is 13.4 Å². The van der Waals surface area contributed by atoms with Gasteiger partial charge in [0.25, 0.3) is 0 Å². The van der Waals surface area contributed by atoms with E-state index in [0.29, 0.717) is 17.2 Å². The first-order valence-electron chi connectivity index (χ1n) is 9.46. The highest BCUT2D eigenvalue weighted by Gasteiger charge is 2.28. The van der Waals surface area contributed by atoms with E-state index in [4.69, 9.17) is 10.5 Å². The predicted molar refractivity (Wildman–Crippen MR) is 107 cm³/mol. The summed E-state index contributed by atoms with van der Waals surface area (Å²) >= 11 is 0. The first-order valence-corrected chi connectivity index (χ1v) is 9.46. The Hall–Kier alpha value is -3.16. The summed E-state index contributed by atoms with van der Waals surface area (Å²) in [6, 6.07) is 7.68. The monoisotopic (exact) mass is 380 g/mol. The topological polar surface area (TPSA) is 108 Å². The number of nitrogens with zero attached hydrogens (tertiary/aromatic N) is 4. The number of imidazole rings is 1. The lowest BCUT2D eigenvalue weighted by Gasteiger charge is -2.28. The summed E-state index contributed by atoms with van der Waals surface area (Å²) in [5.74, 6) is 1.83. The number of hydrogen-bond acceptors (Lipinski definition) is 6. The van der Waals surface area contributed by atoms with Crippen molar-refractivity contribution in [2.45, 2.75) is 38.6 Å². The van der Waals surface area contributed by atoms with Gasteiger partial charge in [-0.1, -0.05) is 6.07 Å². The Bertz CT molecular complexity index is 1010. The van der Waals surface area contributed by atoms with Gasteiger partial charge in [-0.05, 0) is 44.7 Å². The van der Waals surface area contributed by atoms with Crippen molar-refractivity contribution in [3.05, 3.63) is 36.4 Å². The van der Waals surface area contributed by atoms with Crippen LogP contribution in [-0.4, -0.2) is 32.5 Å². The number of aryl methyl sites for hydroxylation is 1. The van der Waals surface area contributed by atoms with E-state index in [0.717, 1.165) is 42.8 Å². The maximum absolute atomic E-state index is 12.7. The fourth-order valence-electron chi connectivity index (χ4n) is 3.88. The largest absolute Gasteiger partial charge is 0.497 e. The molecule has 0 radical (unpaired) electrons. The van der Waals surface area contributed by atoms with Crippen molar-refractivity contribution < 1.29 is 9.53 Å². The summed E-state index contributed by atoms with van der Waals surface area (Å²) in [6.45, 7) is 1.83. The number of nitrogens with one attached hydrogen (secondary N) is 1. The number of nitrogens with two attached hydrogens (primary N) is 1. The first-order chi connectivity index (χ1) is 13.5. The van der Waals surface area contributed by atoms with E-state index in [-0.39, 0.29) is 17.9 Å². The lowest BCUT2D eigenvalue weighted by Crippen LogP contribution is -2.28. The minimum absolute atomic E-state index is 0.00123. The fourth-order valence-corrected chi connectivity index (χ4v) is 3.88. The number of fused-ring (bicyclic) bond motifs is 1. The van der Waals surface area contributed by atoms with Gasteiger partial charge in [-0.15, -0.1) is 0 Å². The SMILES string of the molecule is COc1cccc(NC(=O)[C@H]2CC[C@@H](n3cnc4c(N)nc(C)nc43)CC2)c1. The molecule has 0 spiro atoms. The van der Waals surface area contributed by atoms with Crippen LogP contribution in [0.25, 0.3) is 11.2 Å². The molecular weight excluding hydrogens is 356 g/mol. The number of anilines is 2. The van der Waals surface area contributed by atoms with Crippen molar-refractivity contribution in [2.75, 3.05) is 18.2 Å². The molecule has 146 valence electrons. The number of hydrogen-bond donors (Lipinski definition) is 2. The molecule has 3 N–H and O–H groups in total. The van der Waals surface area contributed by atoms with Gasteiger partial charge in [0, 0.05) is 23.7 Å². The van der Waals surface area contributed by atoms with Crippen LogP contribution in [-0.2, 0) is 4.79 Å². The number of amides is 1. The van der Waals surface area contributed by atoms with Gasteiger partial charge < -0.3 is 20.4 Å². The molecule has 0 unspecified atom stereocenters. The summed E-state index contributed by atoms with van der Waals surface area (Å²) in [6.07, 6.45) is 5.21. The van der Waals surface area contributed by atoms with Gasteiger partial charge in [0.1, 0.15) is 17.1 Å². The van der Waals surface area contributed by atoms with Crippen molar-refractivity contribution in [3.8, 4) is 5.75 Å². The zero-order valence-corrected chi connectivity index (χ0v) is 16.1. The van der Waals surface area contributed by atoms with E-state index in [1.165, 1.54) is 0 Å². The number of ether oxygens (including phenoxy) is 1. The summed E-state index contributed by atoms with van der Waals surface area (Å²) < 4.78 is 7.29. The zero-order chi connectivity index (χ0) is 19.7. The molecule has 0 bridgehead atoms. The van der Waals surface area contributed by atoms with E-state index in [9.17, 15) is 4.79 Å². The predicted octanol–water partition coefficient (Wildman–Crippen LogP) is 3.10. The molecule has 1 saturated carbocycles. The van der Waals surface area contributed by atoms with E-state index >= 15 is 0 Å². The third kappa shape index (κ3) is 3.49. The first kappa shape index (κ1) is 18.2. The smallest absolute Gasteiger partial charge is 0.227 e. The Balaban J connectivity index is 1.42. The molecule has 1 aliphatic carbocycles. The molecule has 28 heavy (non-hydrogen) atoms. The third-order valence-corrected chi connectivity index (χ3v) is 5.36. The molecule has 0 aliphatic heterocycles. The van der Waals surface area contributed by atoms with Crippen LogP contribution in [0.2, 0.25) is 0 Å². The summed E-state index contributed by atoms with van der Waals surface area (Å²) in [5, 5.41) is 3.01. The van der Waals surface area contributed by atoms with Crippen LogP contribution in [0.15, 0.2) is 30.6 Å². The summed E-state index contributed by atoms with van der Waals surface area (Å²) in [4.78, 5) is 25.7. The van der Waals surface area contributed by atoms with Crippen molar-refractivity contribution in [3.63, 3.8) is 0 Å². The van der Waals surface area contributed by atoms with Crippen LogP contribution in [0.1, 0.15) is 37.5 Å². The molecule has 8 nitrogen and oxygen atoms in total. The molecular formula is C20H24N6O2. The molecule has 3 aromatic rings. The standard InChI is InChI=1S/C20H24N6O2/c1-12-23-18(21)17-19(24-12)26(11-22-17)15-8-6-13(7-9-15)20(27)25-14-4-3-5-16(10-14)28-2/h3-5,10-11,13,15H,6-9H2,1-2H3,(H,25,27)(H2,21,23,24)/t13-,15+. The maximum Gasteiger partial charge on any atom is 0.227 e. The fraction of sp³-hybridized carbons (Fsp3) is 0.400. The normalized spacial score (nSPS) is 19.5. The van der Waals surface area contributed by atoms with Gasteiger partial charge in [-0.25, -0.2) is 15.0 Å². The Labute approximate surface area is 163 Å². The lowest BCUT2D eigenvalue weighted by molar-refractivity contribution is -0.120. The van der Waals surface area contributed by atoms with Crippen LogP contribution >= 0.6 is 0 Å². The number of carbonyl (C=O) groups excluding carboxylic acids is 1. The van der Waals surface area contributed by atoms with Gasteiger partial charge >= 0.3 is 0 Å². The quantitative estimate of drug-likeness (QED) is 0.720. The third-order valence-electron chi connectivity index (χ3n) is 5.36. The van der Waals surface area contributed by atoms with Crippen molar-refractivity contribution in [1.82, 2.24) is 19.5 Å². The number of carbonyl (C=O) groups is 1. The second-order valence-electron chi connectivity index (χ2n) is 7.21. The molecule has 8 heteroatoms. The number of nitrogen functional groups attached to an aromatic ring is 1. The summed E-state index contributed by atoms with van der Waals surface area (Å²) in [5.41, 5.74) is 8.14. The van der Waals surface area contributed by atoms with Crippen LogP contribution in [0, 0.1) is 12.8 Å². The average Bonchev–Trinajstić information content (AvgIpc) is 3.12.